The highest BCUT2D eigenvalue weighted by Crippen LogP contribution is 2.12. The first-order valence-electron chi connectivity index (χ1n) is 2.75. The van der Waals surface area contributed by atoms with E-state index in [1.807, 2.05) is 0 Å². The second kappa shape index (κ2) is 2.05. The van der Waals surface area contributed by atoms with Crippen molar-refractivity contribution < 1.29 is 9.53 Å². The third-order valence-electron chi connectivity index (χ3n) is 1.17. The van der Waals surface area contributed by atoms with E-state index >= 15 is 0 Å². The van der Waals surface area contributed by atoms with Gasteiger partial charge in [0.15, 0.2) is 11.9 Å². The van der Waals surface area contributed by atoms with E-state index in [1.165, 1.54) is 6.26 Å². The molecule has 1 aliphatic rings. The molecule has 0 aromatic heterocycles. The Hall–Kier alpha value is -1.05. The maximum absolute atomic E-state index is 10.3. The first-order valence-corrected chi connectivity index (χ1v) is 2.75. The van der Waals surface area contributed by atoms with Crippen molar-refractivity contribution in [3.8, 4) is 0 Å². The molecule has 1 heterocycles. The minimum atomic E-state index is -0.727. The second-order valence-corrected chi connectivity index (χ2v) is 2.11. The van der Waals surface area contributed by atoms with Crippen molar-refractivity contribution in [3.63, 3.8) is 0 Å². The molecule has 0 aliphatic carbocycles. The average molecular weight is 124 g/mol. The molecule has 1 unspecified atom stereocenters. The summed E-state index contributed by atoms with van der Waals surface area (Å²) in [5.74, 6) is 0. The first-order chi connectivity index (χ1) is 4.27. The van der Waals surface area contributed by atoms with Gasteiger partial charge in [-0.05, 0) is 19.1 Å². The van der Waals surface area contributed by atoms with Crippen molar-refractivity contribution in [1.29, 1.82) is 0 Å². The van der Waals surface area contributed by atoms with E-state index < -0.39 is 5.60 Å². The van der Waals surface area contributed by atoms with Crippen LogP contribution in [0.1, 0.15) is 6.92 Å². The van der Waals surface area contributed by atoms with Gasteiger partial charge in [0.25, 0.3) is 0 Å². The van der Waals surface area contributed by atoms with E-state index in [-0.39, 0.29) is 0 Å². The van der Waals surface area contributed by atoms with Gasteiger partial charge >= 0.3 is 0 Å². The van der Waals surface area contributed by atoms with Crippen LogP contribution in [0.2, 0.25) is 0 Å². The zero-order valence-electron chi connectivity index (χ0n) is 5.20. The Morgan fingerprint density at radius 3 is 2.67 bits per heavy atom. The number of carbonyl (C=O) groups excluding carboxylic acids is 1. The standard InChI is InChI=1S/C7H8O2/c1-7(6-8)4-2-3-5-9-7/h2-6H,1H3. The number of carbonyl (C=O) groups is 1. The Morgan fingerprint density at radius 2 is 2.33 bits per heavy atom. The molecule has 1 rings (SSSR count). The van der Waals surface area contributed by atoms with Gasteiger partial charge in [0, 0.05) is 0 Å². The molecule has 48 valence electrons. The predicted octanol–water partition coefficient (Wildman–Crippen LogP) is 1.04. The lowest BCUT2D eigenvalue weighted by Gasteiger charge is -2.19. The molecule has 9 heavy (non-hydrogen) atoms. The Labute approximate surface area is 53.8 Å². The van der Waals surface area contributed by atoms with Gasteiger partial charge in [-0.1, -0.05) is 6.08 Å². The second-order valence-electron chi connectivity index (χ2n) is 2.11. The zero-order valence-corrected chi connectivity index (χ0v) is 5.20. The van der Waals surface area contributed by atoms with Crippen LogP contribution < -0.4 is 0 Å². The fourth-order valence-electron chi connectivity index (χ4n) is 0.584. The number of rotatable bonds is 1. The molecular weight excluding hydrogens is 116 g/mol. The van der Waals surface area contributed by atoms with Gasteiger partial charge < -0.3 is 4.74 Å². The number of allylic oxidation sites excluding steroid dienone is 2. The van der Waals surface area contributed by atoms with Gasteiger partial charge in [-0.25, -0.2) is 0 Å². The van der Waals surface area contributed by atoms with E-state index in [2.05, 4.69) is 0 Å². The highest BCUT2D eigenvalue weighted by atomic mass is 16.5. The molecular formula is C7H8O2. The molecule has 1 aliphatic heterocycles. The molecule has 0 N–H and O–H groups in total. The van der Waals surface area contributed by atoms with Crippen LogP contribution in [-0.4, -0.2) is 11.9 Å². The molecule has 0 aromatic rings. The van der Waals surface area contributed by atoms with Crippen LogP contribution in [0.4, 0.5) is 0 Å². The summed E-state index contributed by atoms with van der Waals surface area (Å²) in [6.07, 6.45) is 7.52. The lowest BCUT2D eigenvalue weighted by atomic mass is 10.1. The third-order valence-corrected chi connectivity index (χ3v) is 1.17. The highest BCUT2D eigenvalue weighted by molar-refractivity contribution is 5.66. The van der Waals surface area contributed by atoms with Gasteiger partial charge in [-0.2, -0.15) is 0 Å². The van der Waals surface area contributed by atoms with Gasteiger partial charge in [-0.15, -0.1) is 0 Å². The summed E-state index contributed by atoms with van der Waals surface area (Å²) in [5, 5.41) is 0. The quantitative estimate of drug-likeness (QED) is 0.488. The molecule has 0 aromatic carbocycles. The summed E-state index contributed by atoms with van der Waals surface area (Å²) in [4.78, 5) is 10.3. The molecule has 2 heteroatoms. The molecule has 0 fully saturated rings. The van der Waals surface area contributed by atoms with E-state index in [1.54, 1.807) is 25.2 Å². The van der Waals surface area contributed by atoms with Crippen molar-refractivity contribution in [2.75, 3.05) is 0 Å². The van der Waals surface area contributed by atoms with Crippen LogP contribution in [0.15, 0.2) is 24.5 Å². The maximum Gasteiger partial charge on any atom is 0.178 e. The van der Waals surface area contributed by atoms with Crippen molar-refractivity contribution in [2.24, 2.45) is 0 Å². The monoisotopic (exact) mass is 124 g/mol. The minimum absolute atomic E-state index is 0.727. The van der Waals surface area contributed by atoms with Crippen molar-refractivity contribution in [3.05, 3.63) is 24.5 Å². The van der Waals surface area contributed by atoms with Gasteiger partial charge in [0.05, 0.1) is 6.26 Å². The lowest BCUT2D eigenvalue weighted by Crippen LogP contribution is -2.26. The maximum atomic E-state index is 10.3. The Morgan fingerprint density at radius 1 is 1.56 bits per heavy atom. The van der Waals surface area contributed by atoms with E-state index in [9.17, 15) is 4.79 Å². The van der Waals surface area contributed by atoms with Gasteiger partial charge in [-0.3, -0.25) is 4.79 Å². The van der Waals surface area contributed by atoms with Crippen LogP contribution in [0.5, 0.6) is 0 Å². The predicted molar refractivity (Wildman–Crippen MR) is 33.8 cm³/mol. The van der Waals surface area contributed by atoms with Crippen LogP contribution >= 0.6 is 0 Å². The molecule has 0 bridgehead atoms. The molecule has 0 saturated heterocycles. The summed E-state index contributed by atoms with van der Waals surface area (Å²) in [5.41, 5.74) is -0.727. The Kier molecular flexibility index (Phi) is 1.39. The molecule has 0 radical (unpaired) electrons. The fraction of sp³-hybridized carbons (Fsp3) is 0.286. The highest BCUT2D eigenvalue weighted by Gasteiger charge is 2.20. The van der Waals surface area contributed by atoms with Crippen molar-refractivity contribution in [1.82, 2.24) is 0 Å². The van der Waals surface area contributed by atoms with E-state index in [4.69, 9.17) is 4.74 Å². The van der Waals surface area contributed by atoms with Crippen LogP contribution in [0.3, 0.4) is 0 Å². The summed E-state index contributed by atoms with van der Waals surface area (Å²) in [7, 11) is 0. The molecule has 0 saturated carbocycles. The largest absolute Gasteiger partial charge is 0.484 e. The molecule has 0 amide bonds. The number of aldehydes is 1. The smallest absolute Gasteiger partial charge is 0.178 e. The number of ether oxygens (including phenoxy) is 1. The summed E-state index contributed by atoms with van der Waals surface area (Å²) in [6, 6.07) is 0. The third kappa shape index (κ3) is 1.19. The van der Waals surface area contributed by atoms with E-state index in [0.717, 1.165) is 6.29 Å². The normalized spacial score (nSPS) is 31.7. The summed E-state index contributed by atoms with van der Waals surface area (Å²) < 4.78 is 4.98. The van der Waals surface area contributed by atoms with Crippen molar-refractivity contribution >= 4 is 6.29 Å². The molecule has 0 spiro atoms. The van der Waals surface area contributed by atoms with Gasteiger partial charge in [0.1, 0.15) is 0 Å². The first kappa shape index (κ1) is 6.08. The SMILES string of the molecule is CC1(C=O)C=CC=CO1. The Balaban J connectivity index is 2.73. The molecule has 2 nitrogen and oxygen atoms in total. The minimum Gasteiger partial charge on any atom is -0.484 e. The van der Waals surface area contributed by atoms with Crippen LogP contribution in [0, 0.1) is 0 Å². The Bertz CT molecular complexity index is 170. The summed E-state index contributed by atoms with van der Waals surface area (Å²) in [6.45, 7) is 1.71. The fourth-order valence-corrected chi connectivity index (χ4v) is 0.584. The summed E-state index contributed by atoms with van der Waals surface area (Å²) >= 11 is 0. The number of hydrogen-bond acceptors (Lipinski definition) is 2. The lowest BCUT2D eigenvalue weighted by molar-refractivity contribution is -0.119. The van der Waals surface area contributed by atoms with Crippen LogP contribution in [-0.2, 0) is 9.53 Å². The zero-order chi connectivity index (χ0) is 6.74. The average Bonchev–Trinajstić information content (AvgIpc) is 1.90. The van der Waals surface area contributed by atoms with Gasteiger partial charge in [0.2, 0.25) is 0 Å². The topological polar surface area (TPSA) is 26.3 Å². The molecule has 1 atom stereocenters. The van der Waals surface area contributed by atoms with Crippen LogP contribution in [0.25, 0.3) is 0 Å². The van der Waals surface area contributed by atoms with E-state index in [0.29, 0.717) is 0 Å². The van der Waals surface area contributed by atoms with Crippen molar-refractivity contribution in [2.45, 2.75) is 12.5 Å². The number of hydrogen-bond donors (Lipinski definition) is 0.